The van der Waals surface area contributed by atoms with E-state index in [2.05, 4.69) is 0 Å². The molecule has 9 heteroatoms. The van der Waals surface area contributed by atoms with Crippen molar-refractivity contribution >= 4 is 38.2 Å². The van der Waals surface area contributed by atoms with Gasteiger partial charge in [-0.25, -0.2) is 0 Å². The van der Waals surface area contributed by atoms with Crippen molar-refractivity contribution in [2.24, 2.45) is 0 Å². The number of aryl methyl sites for hydroxylation is 2. The summed E-state index contributed by atoms with van der Waals surface area (Å²) in [6, 6.07) is 9.86. The first-order chi connectivity index (χ1) is 14.9. The summed E-state index contributed by atoms with van der Waals surface area (Å²) in [5, 5.41) is 0. The maximum absolute atomic E-state index is 12.2. The van der Waals surface area contributed by atoms with Gasteiger partial charge in [-0.2, -0.15) is 16.8 Å². The lowest BCUT2D eigenvalue weighted by Crippen LogP contribution is -2.12. The largest absolute Gasteiger partial charge is 0.382 e. The molecule has 0 heterocycles. The normalized spacial score (nSPS) is 12.4. The molecular weight excluding hydrogens is 452 g/mol. The fraction of sp³-hybridized carbons (Fsp3) is 0.261. The summed E-state index contributed by atoms with van der Waals surface area (Å²) in [5.41, 5.74) is 2.71. The molecule has 32 heavy (non-hydrogen) atoms. The Morgan fingerprint density at radius 1 is 0.750 bits per heavy atom. The highest BCUT2D eigenvalue weighted by Gasteiger charge is 2.12. The summed E-state index contributed by atoms with van der Waals surface area (Å²) in [7, 11) is -7.21. The predicted octanol–water partition coefficient (Wildman–Crippen LogP) is 4.06. The van der Waals surface area contributed by atoms with E-state index in [0.717, 1.165) is 11.1 Å². The zero-order valence-corrected chi connectivity index (χ0v) is 20.0. The van der Waals surface area contributed by atoms with Crippen molar-refractivity contribution in [3.63, 3.8) is 0 Å². The molecule has 0 unspecified atom stereocenters. The SMILES string of the molecule is CCS(=O)(=O)Oc1ccc(/C=C/C(=O)/C=C/c2ccc(OS(=O)(=O)CC)c(C)c2)cc1C. The molecule has 2 aromatic rings. The second kappa shape index (κ2) is 10.6. The number of allylic oxidation sites excluding steroid dienone is 2. The maximum atomic E-state index is 12.2. The van der Waals surface area contributed by atoms with E-state index in [0.29, 0.717) is 11.1 Å². The van der Waals surface area contributed by atoms with E-state index in [-0.39, 0.29) is 28.8 Å². The summed E-state index contributed by atoms with van der Waals surface area (Å²) < 4.78 is 56.5. The first kappa shape index (κ1) is 25.4. The number of rotatable bonds is 10. The number of carbonyl (C=O) groups excluding carboxylic acids is 1. The minimum absolute atomic E-state index is 0.123. The highest BCUT2D eigenvalue weighted by Crippen LogP contribution is 2.23. The maximum Gasteiger partial charge on any atom is 0.308 e. The molecule has 0 aliphatic carbocycles. The van der Waals surface area contributed by atoms with Gasteiger partial charge in [0.05, 0.1) is 11.5 Å². The number of ketones is 1. The number of hydrogen-bond acceptors (Lipinski definition) is 7. The third-order valence-corrected chi connectivity index (χ3v) is 6.70. The molecule has 0 atom stereocenters. The molecule has 0 aliphatic rings. The van der Waals surface area contributed by atoms with Crippen LogP contribution in [-0.2, 0) is 25.0 Å². The van der Waals surface area contributed by atoms with E-state index in [9.17, 15) is 21.6 Å². The minimum atomic E-state index is -3.60. The van der Waals surface area contributed by atoms with Crippen LogP contribution in [0.4, 0.5) is 0 Å². The fourth-order valence-electron chi connectivity index (χ4n) is 2.54. The van der Waals surface area contributed by atoms with Crippen molar-refractivity contribution < 1.29 is 30.0 Å². The van der Waals surface area contributed by atoms with Crippen LogP contribution in [0.5, 0.6) is 11.5 Å². The highest BCUT2D eigenvalue weighted by molar-refractivity contribution is 7.87. The van der Waals surface area contributed by atoms with E-state index in [4.69, 9.17) is 8.37 Å². The quantitative estimate of drug-likeness (QED) is 0.375. The van der Waals surface area contributed by atoms with E-state index in [1.807, 2.05) is 0 Å². The van der Waals surface area contributed by atoms with Crippen LogP contribution in [0, 0.1) is 13.8 Å². The Kier molecular flexibility index (Phi) is 8.40. The van der Waals surface area contributed by atoms with Crippen LogP contribution in [0.1, 0.15) is 36.1 Å². The average molecular weight is 479 g/mol. The van der Waals surface area contributed by atoms with Gasteiger partial charge in [0.2, 0.25) is 0 Å². The van der Waals surface area contributed by atoms with Crippen molar-refractivity contribution in [3.8, 4) is 11.5 Å². The number of hydrogen-bond donors (Lipinski definition) is 0. The van der Waals surface area contributed by atoms with E-state index in [1.54, 1.807) is 62.4 Å². The Morgan fingerprint density at radius 2 is 1.12 bits per heavy atom. The van der Waals surface area contributed by atoms with Gasteiger partial charge in [0.15, 0.2) is 5.78 Å². The molecule has 0 aliphatic heterocycles. The minimum Gasteiger partial charge on any atom is -0.382 e. The molecule has 0 radical (unpaired) electrons. The Morgan fingerprint density at radius 3 is 1.44 bits per heavy atom. The molecule has 0 saturated carbocycles. The van der Waals surface area contributed by atoms with Crippen molar-refractivity contribution in [3.05, 3.63) is 70.8 Å². The fourth-order valence-corrected chi connectivity index (χ4v) is 3.70. The number of benzene rings is 2. The van der Waals surface area contributed by atoms with Gasteiger partial charge in [-0.15, -0.1) is 0 Å². The predicted molar refractivity (Wildman–Crippen MR) is 126 cm³/mol. The van der Waals surface area contributed by atoms with Gasteiger partial charge >= 0.3 is 20.2 Å². The molecule has 0 bridgehead atoms. The first-order valence-corrected chi connectivity index (χ1v) is 13.1. The van der Waals surface area contributed by atoms with Crippen molar-refractivity contribution in [1.29, 1.82) is 0 Å². The van der Waals surface area contributed by atoms with Crippen LogP contribution < -0.4 is 8.37 Å². The number of carbonyl (C=O) groups is 1. The molecule has 2 aromatic carbocycles. The Balaban J connectivity index is 2.06. The van der Waals surface area contributed by atoms with Gasteiger partial charge in [-0.3, -0.25) is 4.79 Å². The molecule has 0 fully saturated rings. The molecule has 2 rings (SSSR count). The summed E-state index contributed by atoms with van der Waals surface area (Å²) in [4.78, 5) is 12.2. The molecule has 0 aromatic heterocycles. The average Bonchev–Trinajstić information content (AvgIpc) is 2.74. The second-order valence-electron chi connectivity index (χ2n) is 6.98. The van der Waals surface area contributed by atoms with E-state index < -0.39 is 20.2 Å². The lowest BCUT2D eigenvalue weighted by Gasteiger charge is -2.08. The molecule has 0 amide bonds. The van der Waals surface area contributed by atoms with Gasteiger partial charge < -0.3 is 8.37 Å². The Labute approximate surface area is 189 Å². The summed E-state index contributed by atoms with van der Waals surface area (Å²) in [6.45, 7) is 6.45. The molecule has 0 N–H and O–H groups in total. The summed E-state index contributed by atoms with van der Waals surface area (Å²) >= 11 is 0. The van der Waals surface area contributed by atoms with E-state index in [1.165, 1.54) is 26.0 Å². The van der Waals surface area contributed by atoms with Crippen LogP contribution in [-0.4, -0.2) is 34.1 Å². The van der Waals surface area contributed by atoms with Gasteiger partial charge in [-0.05, 0) is 86.4 Å². The smallest absolute Gasteiger partial charge is 0.308 e. The summed E-state index contributed by atoms with van der Waals surface area (Å²) in [6.07, 6.45) is 6.03. The van der Waals surface area contributed by atoms with Crippen molar-refractivity contribution in [2.75, 3.05) is 11.5 Å². The third kappa shape index (κ3) is 7.65. The van der Waals surface area contributed by atoms with Gasteiger partial charge in [0.25, 0.3) is 0 Å². The second-order valence-corrected chi connectivity index (χ2v) is 10.7. The van der Waals surface area contributed by atoms with Gasteiger partial charge in [0.1, 0.15) is 11.5 Å². The van der Waals surface area contributed by atoms with Crippen LogP contribution in [0.15, 0.2) is 48.6 Å². The Hall–Kier alpha value is -2.91. The van der Waals surface area contributed by atoms with Crippen LogP contribution in [0.25, 0.3) is 12.2 Å². The zero-order chi connectivity index (χ0) is 23.9. The van der Waals surface area contributed by atoms with Gasteiger partial charge in [0, 0.05) is 0 Å². The van der Waals surface area contributed by atoms with Crippen LogP contribution in [0.2, 0.25) is 0 Å². The molecule has 7 nitrogen and oxygen atoms in total. The van der Waals surface area contributed by atoms with Crippen LogP contribution >= 0.6 is 0 Å². The van der Waals surface area contributed by atoms with E-state index >= 15 is 0 Å². The third-order valence-electron chi connectivity index (χ3n) is 4.42. The van der Waals surface area contributed by atoms with Crippen molar-refractivity contribution in [2.45, 2.75) is 27.7 Å². The standard InChI is InChI=1S/C23H26O7S2/c1-5-31(25,26)29-22-13-9-19(15-17(22)3)7-11-21(24)12-8-20-10-14-23(18(4)16-20)30-32(27,28)6-2/h7-16H,5-6H2,1-4H3/b11-7+,12-8+. The molecule has 0 spiro atoms. The molecule has 172 valence electrons. The Bertz CT molecular complexity index is 1160. The van der Waals surface area contributed by atoms with Gasteiger partial charge in [-0.1, -0.05) is 24.3 Å². The topological polar surface area (TPSA) is 104 Å². The van der Waals surface area contributed by atoms with Crippen LogP contribution in [0.3, 0.4) is 0 Å². The highest BCUT2D eigenvalue weighted by atomic mass is 32.2. The first-order valence-electron chi connectivity index (χ1n) is 9.90. The lowest BCUT2D eigenvalue weighted by molar-refractivity contribution is -0.110. The molecular formula is C23H26O7S2. The molecule has 0 saturated heterocycles. The lowest BCUT2D eigenvalue weighted by atomic mass is 10.1. The zero-order valence-electron chi connectivity index (χ0n) is 18.4. The van der Waals surface area contributed by atoms with Crippen molar-refractivity contribution in [1.82, 2.24) is 0 Å². The monoisotopic (exact) mass is 478 g/mol. The summed E-state index contributed by atoms with van der Waals surface area (Å²) in [5.74, 6) is 0.0157.